The molecule has 0 atom stereocenters. The summed E-state index contributed by atoms with van der Waals surface area (Å²) in [7, 11) is 0. The second-order valence-corrected chi connectivity index (χ2v) is 4.61. The Labute approximate surface area is 96.7 Å². The number of benzene rings is 1. The first kappa shape index (κ1) is 9.71. The van der Waals surface area contributed by atoms with E-state index >= 15 is 0 Å². The molecule has 1 heteroatoms. The molecular weight excluding hydrogens is 194 g/mol. The Morgan fingerprint density at radius 3 is 2.62 bits per heavy atom. The Bertz CT molecular complexity index is 467. The fraction of sp³-hybridized carbons (Fsp3) is 0.333. The fourth-order valence-corrected chi connectivity index (χ4v) is 2.62. The highest BCUT2D eigenvalue weighted by Crippen LogP contribution is 2.22. The van der Waals surface area contributed by atoms with Crippen LogP contribution in [0.15, 0.2) is 42.6 Å². The van der Waals surface area contributed by atoms with Crippen LogP contribution in [0.2, 0.25) is 0 Å². The van der Waals surface area contributed by atoms with Crippen molar-refractivity contribution in [1.82, 2.24) is 4.57 Å². The van der Waals surface area contributed by atoms with Crippen LogP contribution in [0.5, 0.6) is 0 Å². The van der Waals surface area contributed by atoms with Crippen LogP contribution in [0.4, 0.5) is 0 Å². The van der Waals surface area contributed by atoms with Crippen molar-refractivity contribution in [2.24, 2.45) is 0 Å². The van der Waals surface area contributed by atoms with Gasteiger partial charge in [0.2, 0.25) is 0 Å². The normalized spacial score (nSPS) is 14.8. The molecular formula is C15H17N. The lowest BCUT2D eigenvalue weighted by atomic mass is 9.98. The summed E-state index contributed by atoms with van der Waals surface area (Å²) in [5.74, 6) is 0. The molecule has 0 unspecified atom stereocenters. The predicted molar refractivity (Wildman–Crippen MR) is 66.6 cm³/mol. The largest absolute Gasteiger partial charge is 0.347 e. The smallest absolute Gasteiger partial charge is 0.0472 e. The summed E-state index contributed by atoms with van der Waals surface area (Å²) in [5.41, 5.74) is 4.53. The van der Waals surface area contributed by atoms with E-state index in [9.17, 15) is 0 Å². The van der Waals surface area contributed by atoms with Crippen molar-refractivity contribution in [2.45, 2.75) is 32.2 Å². The molecule has 0 N–H and O–H groups in total. The lowest BCUT2D eigenvalue weighted by molar-refractivity contribution is 0.631. The van der Waals surface area contributed by atoms with Crippen LogP contribution < -0.4 is 0 Å². The van der Waals surface area contributed by atoms with Crippen LogP contribution in [-0.4, -0.2) is 4.57 Å². The Hall–Kier alpha value is -1.50. The molecule has 0 saturated heterocycles. The van der Waals surface area contributed by atoms with E-state index in [1.807, 2.05) is 0 Å². The Morgan fingerprint density at radius 1 is 0.938 bits per heavy atom. The van der Waals surface area contributed by atoms with Crippen LogP contribution in [0.3, 0.4) is 0 Å². The van der Waals surface area contributed by atoms with Gasteiger partial charge in [0.1, 0.15) is 0 Å². The number of hydrogen-bond acceptors (Lipinski definition) is 0. The van der Waals surface area contributed by atoms with Crippen LogP contribution in [0.25, 0.3) is 0 Å². The first-order valence-corrected chi connectivity index (χ1v) is 6.14. The molecule has 0 saturated carbocycles. The van der Waals surface area contributed by atoms with Gasteiger partial charge in [-0.3, -0.25) is 0 Å². The van der Waals surface area contributed by atoms with Gasteiger partial charge in [-0.15, -0.1) is 0 Å². The quantitative estimate of drug-likeness (QED) is 0.717. The third kappa shape index (κ3) is 1.78. The van der Waals surface area contributed by atoms with Gasteiger partial charge in [0, 0.05) is 18.4 Å². The first-order valence-electron chi connectivity index (χ1n) is 6.14. The van der Waals surface area contributed by atoms with Crippen LogP contribution in [0.1, 0.15) is 29.7 Å². The van der Waals surface area contributed by atoms with E-state index in [0.29, 0.717) is 0 Å². The summed E-state index contributed by atoms with van der Waals surface area (Å²) in [4.78, 5) is 0. The van der Waals surface area contributed by atoms with Crippen molar-refractivity contribution in [1.29, 1.82) is 0 Å². The fourth-order valence-electron chi connectivity index (χ4n) is 2.62. The SMILES string of the molecule is c1ccc(Cn2ccc3c2CCCC3)cc1. The zero-order valence-corrected chi connectivity index (χ0v) is 9.52. The molecule has 1 aliphatic carbocycles. The zero-order chi connectivity index (χ0) is 10.8. The number of hydrogen-bond donors (Lipinski definition) is 0. The summed E-state index contributed by atoms with van der Waals surface area (Å²) in [6.07, 6.45) is 7.50. The molecule has 82 valence electrons. The van der Waals surface area contributed by atoms with Crippen molar-refractivity contribution < 1.29 is 0 Å². The molecule has 0 radical (unpaired) electrons. The first-order chi connectivity index (χ1) is 7.93. The van der Waals surface area contributed by atoms with Crippen LogP contribution in [-0.2, 0) is 19.4 Å². The summed E-state index contributed by atoms with van der Waals surface area (Å²) in [6.45, 7) is 1.02. The maximum Gasteiger partial charge on any atom is 0.0472 e. The van der Waals surface area contributed by atoms with Crippen LogP contribution >= 0.6 is 0 Å². The van der Waals surface area contributed by atoms with E-state index in [1.165, 1.54) is 31.2 Å². The van der Waals surface area contributed by atoms with Crippen molar-refractivity contribution >= 4 is 0 Å². The number of nitrogens with zero attached hydrogens (tertiary/aromatic N) is 1. The maximum atomic E-state index is 2.42. The highest BCUT2D eigenvalue weighted by Gasteiger charge is 2.13. The van der Waals surface area contributed by atoms with E-state index < -0.39 is 0 Å². The summed E-state index contributed by atoms with van der Waals surface area (Å²) < 4.78 is 2.42. The lowest BCUT2D eigenvalue weighted by Gasteiger charge is -2.15. The van der Waals surface area contributed by atoms with E-state index in [-0.39, 0.29) is 0 Å². The van der Waals surface area contributed by atoms with Gasteiger partial charge >= 0.3 is 0 Å². The molecule has 0 amide bonds. The topological polar surface area (TPSA) is 4.93 Å². The van der Waals surface area contributed by atoms with E-state index in [4.69, 9.17) is 0 Å². The third-order valence-corrected chi connectivity index (χ3v) is 3.48. The third-order valence-electron chi connectivity index (χ3n) is 3.48. The van der Waals surface area contributed by atoms with Gasteiger partial charge in [-0.2, -0.15) is 0 Å². The molecule has 1 nitrogen and oxygen atoms in total. The molecule has 3 rings (SSSR count). The number of aromatic nitrogens is 1. The number of fused-ring (bicyclic) bond motifs is 1. The average molecular weight is 211 g/mol. The van der Waals surface area contributed by atoms with Gasteiger partial charge in [0.05, 0.1) is 0 Å². The minimum absolute atomic E-state index is 1.02. The second-order valence-electron chi connectivity index (χ2n) is 4.61. The van der Waals surface area contributed by atoms with Crippen LogP contribution in [0, 0.1) is 0 Å². The molecule has 0 spiro atoms. The highest BCUT2D eigenvalue weighted by atomic mass is 15.0. The zero-order valence-electron chi connectivity index (χ0n) is 9.52. The molecule has 1 aromatic carbocycles. The highest BCUT2D eigenvalue weighted by molar-refractivity contribution is 5.26. The van der Waals surface area contributed by atoms with Crippen molar-refractivity contribution in [2.75, 3.05) is 0 Å². The average Bonchev–Trinajstić information content (AvgIpc) is 2.74. The summed E-state index contributed by atoms with van der Waals surface area (Å²) >= 11 is 0. The van der Waals surface area contributed by atoms with E-state index in [2.05, 4.69) is 47.2 Å². The van der Waals surface area contributed by atoms with Crippen molar-refractivity contribution in [3.05, 3.63) is 59.4 Å². The molecule has 0 fully saturated rings. The van der Waals surface area contributed by atoms with Crippen molar-refractivity contribution in [3.63, 3.8) is 0 Å². The van der Waals surface area contributed by atoms with E-state index in [0.717, 1.165) is 6.54 Å². The second kappa shape index (κ2) is 4.17. The molecule has 2 aromatic rings. The molecule has 16 heavy (non-hydrogen) atoms. The minimum Gasteiger partial charge on any atom is -0.347 e. The summed E-state index contributed by atoms with van der Waals surface area (Å²) in [5, 5.41) is 0. The van der Waals surface area contributed by atoms with Crippen molar-refractivity contribution in [3.8, 4) is 0 Å². The van der Waals surface area contributed by atoms with Gasteiger partial charge in [0.25, 0.3) is 0 Å². The van der Waals surface area contributed by atoms with Gasteiger partial charge in [0.15, 0.2) is 0 Å². The monoisotopic (exact) mass is 211 g/mol. The maximum absolute atomic E-state index is 2.42. The molecule has 1 aromatic heterocycles. The minimum atomic E-state index is 1.02. The Balaban J connectivity index is 1.88. The lowest BCUT2D eigenvalue weighted by Crippen LogP contribution is -2.08. The van der Waals surface area contributed by atoms with Gasteiger partial charge < -0.3 is 4.57 Å². The molecule has 1 heterocycles. The van der Waals surface area contributed by atoms with Gasteiger partial charge in [-0.05, 0) is 42.9 Å². The number of aryl methyl sites for hydroxylation is 1. The standard InChI is InChI=1S/C15H17N/c1-2-6-13(7-3-1)12-16-11-10-14-8-4-5-9-15(14)16/h1-3,6-7,10-11H,4-5,8-9,12H2. The predicted octanol–water partition coefficient (Wildman–Crippen LogP) is 3.42. The Kier molecular flexibility index (Phi) is 2.53. The van der Waals surface area contributed by atoms with E-state index in [1.54, 1.807) is 11.3 Å². The van der Waals surface area contributed by atoms with Gasteiger partial charge in [-0.25, -0.2) is 0 Å². The molecule has 1 aliphatic rings. The summed E-state index contributed by atoms with van der Waals surface area (Å²) in [6, 6.07) is 13.0. The molecule has 0 bridgehead atoms. The number of rotatable bonds is 2. The molecule has 0 aliphatic heterocycles. The Morgan fingerprint density at radius 2 is 1.75 bits per heavy atom. The van der Waals surface area contributed by atoms with Gasteiger partial charge in [-0.1, -0.05) is 30.3 Å².